The molecule has 0 bridgehead atoms. The Morgan fingerprint density at radius 1 is 1.35 bits per heavy atom. The molecule has 3 rings (SSSR count). The molecular weight excluding hydrogens is 262 g/mol. The number of nitrogens with one attached hydrogen (secondary N) is 1. The van der Waals surface area contributed by atoms with Gasteiger partial charge in [-0.1, -0.05) is 5.21 Å². The number of amides is 1. The van der Waals surface area contributed by atoms with Crippen LogP contribution in [0.25, 0.3) is 0 Å². The van der Waals surface area contributed by atoms with E-state index >= 15 is 0 Å². The van der Waals surface area contributed by atoms with Crippen molar-refractivity contribution in [3.63, 3.8) is 0 Å². The Balaban J connectivity index is 1.55. The molecule has 0 aromatic carbocycles. The van der Waals surface area contributed by atoms with Gasteiger partial charge in [0.15, 0.2) is 5.69 Å². The third-order valence-electron chi connectivity index (χ3n) is 3.27. The van der Waals surface area contributed by atoms with E-state index in [0.29, 0.717) is 6.54 Å². The van der Waals surface area contributed by atoms with Gasteiger partial charge in [-0.15, -0.1) is 15.3 Å². The van der Waals surface area contributed by atoms with E-state index in [-0.39, 0.29) is 5.69 Å². The lowest BCUT2D eigenvalue weighted by Crippen LogP contribution is -2.35. The maximum atomic E-state index is 11.3. The zero-order valence-corrected chi connectivity index (χ0v) is 10.8. The van der Waals surface area contributed by atoms with Gasteiger partial charge in [-0.2, -0.15) is 0 Å². The first-order chi connectivity index (χ1) is 9.76. The van der Waals surface area contributed by atoms with E-state index in [2.05, 4.69) is 30.0 Å². The summed E-state index contributed by atoms with van der Waals surface area (Å²) < 4.78 is 3.68. The highest BCUT2D eigenvalue weighted by Gasteiger charge is 2.17. The molecule has 10 nitrogen and oxygen atoms in total. The van der Waals surface area contributed by atoms with Crippen LogP contribution < -0.4 is 11.3 Å². The molecule has 3 N–H and O–H groups in total. The fourth-order valence-corrected chi connectivity index (χ4v) is 2.14. The number of nitrogen functional groups attached to an aromatic ring is 1. The van der Waals surface area contributed by atoms with E-state index in [1.165, 1.54) is 0 Å². The summed E-state index contributed by atoms with van der Waals surface area (Å²) in [5, 5.41) is 15.6. The number of carbonyl (C=O) groups excluding carboxylic acids is 1. The van der Waals surface area contributed by atoms with Crippen molar-refractivity contribution in [3.8, 4) is 0 Å². The molecule has 106 valence electrons. The first-order valence-corrected chi connectivity index (χ1v) is 6.26. The first-order valence-electron chi connectivity index (χ1n) is 6.26. The van der Waals surface area contributed by atoms with Crippen LogP contribution in [-0.4, -0.2) is 53.7 Å². The zero-order valence-electron chi connectivity index (χ0n) is 10.8. The Kier molecular flexibility index (Phi) is 3.39. The summed E-state index contributed by atoms with van der Waals surface area (Å²) in [4.78, 5) is 13.5. The Morgan fingerprint density at radius 2 is 2.25 bits per heavy atom. The van der Waals surface area contributed by atoms with Gasteiger partial charge in [-0.25, -0.2) is 5.84 Å². The summed E-state index contributed by atoms with van der Waals surface area (Å²) in [6.07, 6.45) is 3.33. The number of aromatic nitrogens is 6. The van der Waals surface area contributed by atoms with Gasteiger partial charge in [0, 0.05) is 19.6 Å². The number of fused-ring (bicyclic) bond motifs is 1. The number of nitrogens with zero attached hydrogens (tertiary/aromatic N) is 7. The average Bonchev–Trinajstić information content (AvgIpc) is 3.12. The number of hydrogen-bond acceptors (Lipinski definition) is 7. The molecule has 0 aliphatic carbocycles. The predicted octanol–water partition coefficient (Wildman–Crippen LogP) is -2.01. The topological polar surface area (TPSA) is 120 Å². The van der Waals surface area contributed by atoms with E-state index in [1.807, 2.05) is 5.43 Å². The van der Waals surface area contributed by atoms with Crippen LogP contribution in [0.2, 0.25) is 0 Å². The van der Waals surface area contributed by atoms with Crippen molar-refractivity contribution in [3.05, 3.63) is 24.0 Å². The van der Waals surface area contributed by atoms with Gasteiger partial charge in [0.2, 0.25) is 0 Å². The van der Waals surface area contributed by atoms with Gasteiger partial charge in [0.25, 0.3) is 5.91 Å². The number of carbonyl (C=O) groups is 1. The third kappa shape index (κ3) is 2.51. The van der Waals surface area contributed by atoms with Crippen molar-refractivity contribution in [1.82, 2.24) is 40.1 Å². The van der Waals surface area contributed by atoms with E-state index in [4.69, 9.17) is 5.84 Å². The summed E-state index contributed by atoms with van der Waals surface area (Å²) in [5.41, 5.74) is 2.24. The lowest BCUT2D eigenvalue weighted by molar-refractivity contribution is 0.0948. The molecule has 0 fully saturated rings. The molecule has 1 aliphatic rings. The van der Waals surface area contributed by atoms with Crippen molar-refractivity contribution < 1.29 is 4.79 Å². The van der Waals surface area contributed by atoms with Crippen LogP contribution in [0.4, 0.5) is 0 Å². The van der Waals surface area contributed by atoms with Gasteiger partial charge in [-0.3, -0.25) is 19.8 Å². The SMILES string of the molecule is NNC(=O)c1cn(CCN2CCn3cnnc3C2)nn1. The number of nitrogens with two attached hydrogens (primary N) is 1. The van der Waals surface area contributed by atoms with Crippen molar-refractivity contribution in [2.24, 2.45) is 5.84 Å². The molecule has 1 amide bonds. The van der Waals surface area contributed by atoms with Gasteiger partial charge in [-0.05, 0) is 0 Å². The normalized spacial score (nSPS) is 15.1. The van der Waals surface area contributed by atoms with Crippen LogP contribution in [0.1, 0.15) is 16.3 Å². The van der Waals surface area contributed by atoms with Gasteiger partial charge < -0.3 is 4.57 Å². The van der Waals surface area contributed by atoms with E-state index in [0.717, 1.165) is 32.0 Å². The fraction of sp³-hybridized carbons (Fsp3) is 0.500. The standard InChI is InChI=1S/C10H15N9O/c11-13-10(20)8-5-19(16-14-8)4-2-17-1-3-18-7-12-15-9(18)6-17/h5,7H,1-4,6,11H2,(H,13,20). The van der Waals surface area contributed by atoms with Crippen LogP contribution in [-0.2, 0) is 19.6 Å². The molecule has 2 aromatic rings. The van der Waals surface area contributed by atoms with Gasteiger partial charge in [0.05, 0.1) is 19.3 Å². The van der Waals surface area contributed by atoms with Crippen molar-refractivity contribution in [1.29, 1.82) is 0 Å². The molecule has 20 heavy (non-hydrogen) atoms. The second-order valence-electron chi connectivity index (χ2n) is 4.56. The Labute approximate surface area is 114 Å². The summed E-state index contributed by atoms with van der Waals surface area (Å²) in [7, 11) is 0. The third-order valence-corrected chi connectivity index (χ3v) is 3.27. The van der Waals surface area contributed by atoms with Crippen molar-refractivity contribution in [2.75, 3.05) is 13.1 Å². The maximum Gasteiger partial charge on any atom is 0.287 e. The first kappa shape index (κ1) is 12.7. The average molecular weight is 277 g/mol. The molecule has 0 saturated carbocycles. The lowest BCUT2D eigenvalue weighted by atomic mass is 10.3. The summed E-state index contributed by atoms with van der Waals surface area (Å²) in [6.45, 7) is 4.06. The van der Waals surface area contributed by atoms with Gasteiger partial charge in [0.1, 0.15) is 12.2 Å². The quantitative estimate of drug-likeness (QED) is 0.376. The molecule has 0 atom stereocenters. The molecular formula is C10H15N9O. The minimum Gasteiger partial charge on any atom is -0.315 e. The summed E-state index contributed by atoms with van der Waals surface area (Å²) in [6, 6.07) is 0. The minimum absolute atomic E-state index is 0.214. The Bertz CT molecular complexity index is 603. The number of rotatable bonds is 4. The largest absolute Gasteiger partial charge is 0.315 e. The lowest BCUT2D eigenvalue weighted by Gasteiger charge is -2.26. The molecule has 0 unspecified atom stereocenters. The molecule has 10 heteroatoms. The molecule has 0 radical (unpaired) electrons. The van der Waals surface area contributed by atoms with Crippen LogP contribution in [0.15, 0.2) is 12.5 Å². The zero-order chi connectivity index (χ0) is 13.9. The van der Waals surface area contributed by atoms with E-state index < -0.39 is 5.91 Å². The second kappa shape index (κ2) is 5.35. The highest BCUT2D eigenvalue weighted by molar-refractivity contribution is 5.91. The molecule has 1 aliphatic heterocycles. The van der Waals surface area contributed by atoms with Crippen molar-refractivity contribution >= 4 is 5.91 Å². The number of hydrogen-bond donors (Lipinski definition) is 2. The highest BCUT2D eigenvalue weighted by atomic mass is 16.2. The van der Waals surface area contributed by atoms with Crippen LogP contribution in [0, 0.1) is 0 Å². The monoisotopic (exact) mass is 277 g/mol. The van der Waals surface area contributed by atoms with E-state index in [1.54, 1.807) is 17.2 Å². The minimum atomic E-state index is -0.442. The van der Waals surface area contributed by atoms with Crippen molar-refractivity contribution in [2.45, 2.75) is 19.6 Å². The van der Waals surface area contributed by atoms with E-state index in [9.17, 15) is 4.79 Å². The molecule has 3 heterocycles. The second-order valence-corrected chi connectivity index (χ2v) is 4.56. The van der Waals surface area contributed by atoms with Crippen LogP contribution in [0.5, 0.6) is 0 Å². The Morgan fingerprint density at radius 3 is 3.10 bits per heavy atom. The Hall–Kier alpha value is -2.33. The summed E-state index contributed by atoms with van der Waals surface area (Å²) >= 11 is 0. The molecule has 2 aromatic heterocycles. The van der Waals surface area contributed by atoms with Crippen LogP contribution in [0.3, 0.4) is 0 Å². The predicted molar refractivity (Wildman–Crippen MR) is 67.0 cm³/mol. The number of hydrazine groups is 1. The summed E-state index contributed by atoms with van der Waals surface area (Å²) in [5.74, 6) is 5.57. The highest BCUT2D eigenvalue weighted by Crippen LogP contribution is 2.08. The molecule has 0 saturated heterocycles. The smallest absolute Gasteiger partial charge is 0.287 e. The molecule has 0 spiro atoms. The van der Waals surface area contributed by atoms with Gasteiger partial charge >= 0.3 is 0 Å². The fourth-order valence-electron chi connectivity index (χ4n) is 2.14. The van der Waals surface area contributed by atoms with Crippen LogP contribution >= 0.6 is 0 Å². The maximum absolute atomic E-state index is 11.3.